The molecule has 0 unspecified atom stereocenters. The van der Waals surface area contributed by atoms with E-state index in [0.717, 1.165) is 6.42 Å². The first-order chi connectivity index (χ1) is 9.08. The third-order valence-corrected chi connectivity index (χ3v) is 2.43. The second-order valence-corrected chi connectivity index (χ2v) is 3.89. The molecule has 0 aliphatic rings. The summed E-state index contributed by atoms with van der Waals surface area (Å²) in [4.78, 5) is 21.6. The number of carbonyl (C=O) groups excluding carboxylic acids is 1. The first-order valence-electron chi connectivity index (χ1n) is 6.14. The smallest absolute Gasteiger partial charge is 0.344 e. The molecule has 0 atom stereocenters. The lowest BCUT2D eigenvalue weighted by Gasteiger charge is -2.08. The maximum atomic E-state index is 11.1. The van der Waals surface area contributed by atoms with Crippen molar-refractivity contribution in [1.82, 2.24) is 0 Å². The van der Waals surface area contributed by atoms with Gasteiger partial charge in [0.15, 0.2) is 6.61 Å². The number of ether oxygens (including phenoxy) is 2. The van der Waals surface area contributed by atoms with Gasteiger partial charge in [-0.1, -0.05) is 13.3 Å². The van der Waals surface area contributed by atoms with Crippen LogP contribution in [0.4, 0.5) is 5.69 Å². The van der Waals surface area contributed by atoms with E-state index in [1.54, 1.807) is 13.0 Å². The van der Waals surface area contributed by atoms with Gasteiger partial charge in [-0.3, -0.25) is 10.1 Å². The highest BCUT2D eigenvalue weighted by Gasteiger charge is 2.14. The normalized spacial score (nSPS) is 10.0. The number of nitro groups is 1. The monoisotopic (exact) mass is 267 g/mol. The highest BCUT2D eigenvalue weighted by molar-refractivity contribution is 5.71. The molecule has 0 saturated carbocycles. The summed E-state index contributed by atoms with van der Waals surface area (Å²) in [5, 5.41) is 10.8. The SMILES string of the molecule is CCCc1cc(OCC(=O)OCC)ccc1[N+](=O)[O-]. The molecular weight excluding hydrogens is 250 g/mol. The molecule has 0 fully saturated rings. The van der Waals surface area contributed by atoms with Crippen LogP contribution in [0.15, 0.2) is 18.2 Å². The van der Waals surface area contributed by atoms with E-state index in [4.69, 9.17) is 9.47 Å². The van der Waals surface area contributed by atoms with Crippen molar-refractivity contribution in [2.24, 2.45) is 0 Å². The van der Waals surface area contributed by atoms with Gasteiger partial charge in [-0.15, -0.1) is 0 Å². The number of esters is 1. The molecule has 0 aliphatic heterocycles. The number of aryl methyl sites for hydroxylation is 1. The van der Waals surface area contributed by atoms with Gasteiger partial charge in [-0.2, -0.15) is 0 Å². The second kappa shape index (κ2) is 7.35. The predicted octanol–water partition coefficient (Wildman–Crippen LogP) is 2.49. The molecule has 0 amide bonds. The molecule has 0 N–H and O–H groups in total. The minimum atomic E-state index is -0.460. The van der Waals surface area contributed by atoms with Crippen LogP contribution in [-0.4, -0.2) is 24.1 Å². The molecule has 0 heterocycles. The summed E-state index contributed by atoms with van der Waals surface area (Å²) in [5.74, 6) is -0.0278. The fourth-order valence-corrected chi connectivity index (χ4v) is 1.64. The van der Waals surface area contributed by atoms with E-state index in [1.807, 2.05) is 6.92 Å². The standard InChI is InChI=1S/C13H17NO5/c1-3-5-10-8-11(6-7-12(10)14(16)17)19-9-13(15)18-4-2/h6-8H,3-5,9H2,1-2H3. The summed E-state index contributed by atoms with van der Waals surface area (Å²) >= 11 is 0. The van der Waals surface area contributed by atoms with Crippen molar-refractivity contribution < 1.29 is 19.2 Å². The molecule has 19 heavy (non-hydrogen) atoms. The molecule has 0 aliphatic carbocycles. The largest absolute Gasteiger partial charge is 0.482 e. The van der Waals surface area contributed by atoms with E-state index in [9.17, 15) is 14.9 Å². The van der Waals surface area contributed by atoms with Crippen molar-refractivity contribution in [3.8, 4) is 5.75 Å². The summed E-state index contributed by atoms with van der Waals surface area (Å²) in [5.41, 5.74) is 0.680. The molecule has 6 nitrogen and oxygen atoms in total. The van der Waals surface area contributed by atoms with Crippen molar-refractivity contribution in [2.45, 2.75) is 26.7 Å². The van der Waals surface area contributed by atoms with Crippen LogP contribution >= 0.6 is 0 Å². The number of hydrogen-bond acceptors (Lipinski definition) is 5. The molecule has 1 rings (SSSR count). The van der Waals surface area contributed by atoms with Gasteiger partial charge in [0.1, 0.15) is 5.75 Å². The number of hydrogen-bond donors (Lipinski definition) is 0. The minimum Gasteiger partial charge on any atom is -0.482 e. The maximum absolute atomic E-state index is 11.1. The lowest BCUT2D eigenvalue weighted by atomic mass is 10.1. The third-order valence-electron chi connectivity index (χ3n) is 2.43. The van der Waals surface area contributed by atoms with Crippen LogP contribution in [-0.2, 0) is 16.0 Å². The average Bonchev–Trinajstić information content (AvgIpc) is 2.37. The summed E-state index contributed by atoms with van der Waals surface area (Å²) in [6.45, 7) is 3.75. The van der Waals surface area contributed by atoms with Gasteiger partial charge in [0.2, 0.25) is 0 Å². The van der Waals surface area contributed by atoms with Gasteiger partial charge >= 0.3 is 5.97 Å². The molecular formula is C13H17NO5. The Morgan fingerprint density at radius 1 is 1.37 bits per heavy atom. The predicted molar refractivity (Wildman–Crippen MR) is 69.2 cm³/mol. The average molecular weight is 267 g/mol. The molecule has 0 aromatic heterocycles. The van der Waals surface area contributed by atoms with Gasteiger partial charge in [-0.25, -0.2) is 4.79 Å². The lowest BCUT2D eigenvalue weighted by Crippen LogP contribution is -2.14. The van der Waals surface area contributed by atoms with E-state index in [2.05, 4.69) is 0 Å². The highest BCUT2D eigenvalue weighted by Crippen LogP contribution is 2.25. The Bertz CT molecular complexity index is 458. The van der Waals surface area contributed by atoms with Crippen molar-refractivity contribution in [3.05, 3.63) is 33.9 Å². The van der Waals surface area contributed by atoms with Gasteiger partial charge in [0, 0.05) is 11.6 Å². The van der Waals surface area contributed by atoms with Crippen molar-refractivity contribution in [1.29, 1.82) is 0 Å². The zero-order chi connectivity index (χ0) is 14.3. The lowest BCUT2D eigenvalue weighted by molar-refractivity contribution is -0.385. The molecule has 0 radical (unpaired) electrons. The Kier molecular flexibility index (Phi) is 5.78. The Hall–Kier alpha value is -2.11. The molecule has 1 aromatic carbocycles. The second-order valence-electron chi connectivity index (χ2n) is 3.89. The number of benzene rings is 1. The van der Waals surface area contributed by atoms with E-state index < -0.39 is 10.9 Å². The molecule has 1 aromatic rings. The van der Waals surface area contributed by atoms with Gasteiger partial charge in [0.05, 0.1) is 11.5 Å². The Balaban J connectivity index is 2.77. The number of rotatable bonds is 7. The number of carbonyl (C=O) groups is 1. The molecule has 0 saturated heterocycles. The maximum Gasteiger partial charge on any atom is 0.344 e. The van der Waals surface area contributed by atoms with Crippen LogP contribution in [0.3, 0.4) is 0 Å². The first-order valence-corrected chi connectivity index (χ1v) is 6.14. The first kappa shape index (κ1) is 14.9. The van der Waals surface area contributed by atoms with E-state index in [0.29, 0.717) is 24.3 Å². The van der Waals surface area contributed by atoms with Crippen molar-refractivity contribution in [2.75, 3.05) is 13.2 Å². The van der Waals surface area contributed by atoms with Crippen LogP contribution < -0.4 is 4.74 Å². The molecule has 104 valence electrons. The molecule has 0 bridgehead atoms. The summed E-state index contributed by atoms with van der Waals surface area (Å²) in [6.07, 6.45) is 1.38. The summed E-state index contributed by atoms with van der Waals surface area (Å²) in [6, 6.07) is 4.48. The zero-order valence-electron chi connectivity index (χ0n) is 11.0. The van der Waals surface area contributed by atoms with Crippen LogP contribution in [0.1, 0.15) is 25.8 Å². The van der Waals surface area contributed by atoms with Crippen molar-refractivity contribution in [3.63, 3.8) is 0 Å². The van der Waals surface area contributed by atoms with Gasteiger partial charge in [-0.05, 0) is 25.5 Å². The quantitative estimate of drug-likeness (QED) is 0.431. The topological polar surface area (TPSA) is 78.7 Å². The van der Waals surface area contributed by atoms with Crippen LogP contribution in [0.2, 0.25) is 0 Å². The summed E-state index contributed by atoms with van der Waals surface area (Å²) in [7, 11) is 0. The fraction of sp³-hybridized carbons (Fsp3) is 0.462. The zero-order valence-corrected chi connectivity index (χ0v) is 11.0. The van der Waals surface area contributed by atoms with E-state index >= 15 is 0 Å². The Morgan fingerprint density at radius 2 is 2.11 bits per heavy atom. The number of nitro benzene ring substituents is 1. The molecule has 6 heteroatoms. The van der Waals surface area contributed by atoms with Gasteiger partial charge < -0.3 is 9.47 Å². The minimum absolute atomic E-state index is 0.0744. The van der Waals surface area contributed by atoms with E-state index in [-0.39, 0.29) is 12.3 Å². The third kappa shape index (κ3) is 4.57. The van der Waals surface area contributed by atoms with Gasteiger partial charge in [0.25, 0.3) is 5.69 Å². The van der Waals surface area contributed by atoms with E-state index in [1.165, 1.54) is 12.1 Å². The summed E-state index contributed by atoms with van der Waals surface area (Å²) < 4.78 is 9.98. The molecule has 0 spiro atoms. The van der Waals surface area contributed by atoms with Crippen LogP contribution in [0.5, 0.6) is 5.75 Å². The van der Waals surface area contributed by atoms with Crippen LogP contribution in [0, 0.1) is 10.1 Å². The van der Waals surface area contributed by atoms with Crippen LogP contribution in [0.25, 0.3) is 0 Å². The Morgan fingerprint density at radius 3 is 2.68 bits per heavy atom. The number of nitrogens with zero attached hydrogens (tertiary/aromatic N) is 1. The fourth-order valence-electron chi connectivity index (χ4n) is 1.64. The highest BCUT2D eigenvalue weighted by atomic mass is 16.6. The Labute approximate surface area is 111 Å². The van der Waals surface area contributed by atoms with Crippen molar-refractivity contribution >= 4 is 11.7 Å².